The fraction of sp³-hybridized carbons (Fsp3) is 0.625. The molecule has 0 amide bonds. The highest BCUT2D eigenvalue weighted by Gasteiger charge is 2.35. The van der Waals surface area contributed by atoms with Crippen molar-refractivity contribution in [1.82, 2.24) is 9.78 Å². The summed E-state index contributed by atoms with van der Waals surface area (Å²) in [4.78, 5) is 0. The van der Waals surface area contributed by atoms with E-state index in [2.05, 4.69) is 5.10 Å². The van der Waals surface area contributed by atoms with Gasteiger partial charge in [0.2, 0.25) is 0 Å². The Balaban J connectivity index is 2.24. The van der Waals surface area contributed by atoms with Crippen molar-refractivity contribution < 1.29 is 17.6 Å². The minimum atomic E-state index is -4.35. The maximum atomic E-state index is 13.0. The quantitative estimate of drug-likeness (QED) is 0.682. The number of halogens is 4. The molecule has 1 aliphatic rings. The number of rotatable bonds is 2. The third-order valence-electron chi connectivity index (χ3n) is 2.13. The van der Waals surface area contributed by atoms with Gasteiger partial charge < -0.3 is 0 Å². The predicted octanol–water partition coefficient (Wildman–Crippen LogP) is 2.46. The van der Waals surface area contributed by atoms with E-state index in [-0.39, 0.29) is 11.6 Å². The van der Waals surface area contributed by atoms with Gasteiger partial charge in [0.15, 0.2) is 5.82 Å². The van der Waals surface area contributed by atoms with E-state index in [4.69, 9.17) is 0 Å². The van der Waals surface area contributed by atoms with Crippen molar-refractivity contribution in [3.05, 3.63) is 17.7 Å². The van der Waals surface area contributed by atoms with Crippen molar-refractivity contribution in [3.63, 3.8) is 0 Å². The summed E-state index contributed by atoms with van der Waals surface area (Å²) >= 11 is 0. The number of nitrogens with zero attached hydrogens (tertiary/aromatic N) is 2. The van der Waals surface area contributed by atoms with Crippen molar-refractivity contribution in [3.8, 4) is 0 Å². The summed E-state index contributed by atoms with van der Waals surface area (Å²) < 4.78 is 49.8. The van der Waals surface area contributed by atoms with Gasteiger partial charge >= 0.3 is 6.18 Å². The van der Waals surface area contributed by atoms with E-state index in [1.807, 2.05) is 0 Å². The van der Waals surface area contributed by atoms with Crippen LogP contribution in [-0.2, 0) is 6.54 Å². The lowest BCUT2D eigenvalue weighted by molar-refractivity contribution is -0.143. The summed E-state index contributed by atoms with van der Waals surface area (Å²) in [5.74, 6) is -0.698. The number of hydrogen-bond acceptors (Lipinski definition) is 1. The zero-order valence-electron chi connectivity index (χ0n) is 7.18. The van der Waals surface area contributed by atoms with Crippen LogP contribution in [0.25, 0.3) is 0 Å². The van der Waals surface area contributed by atoms with Crippen molar-refractivity contribution in [2.24, 2.45) is 0 Å². The number of hydrogen-bond donors (Lipinski definition) is 0. The van der Waals surface area contributed by atoms with Crippen LogP contribution in [0.2, 0.25) is 0 Å². The molecule has 6 heteroatoms. The standard InChI is InChI=1S/C8H8F4N2/c9-6-3-13-14(4-8(10,11)12)7(6)5-1-2-5/h3,5H,1-2,4H2. The molecular weight excluding hydrogens is 200 g/mol. The van der Waals surface area contributed by atoms with Crippen molar-refractivity contribution in [2.45, 2.75) is 31.5 Å². The van der Waals surface area contributed by atoms with Gasteiger partial charge in [0.1, 0.15) is 6.54 Å². The Kier molecular flexibility index (Phi) is 2.01. The molecule has 1 aliphatic carbocycles. The first-order chi connectivity index (χ1) is 6.47. The fourth-order valence-corrected chi connectivity index (χ4v) is 1.43. The van der Waals surface area contributed by atoms with Gasteiger partial charge in [-0.15, -0.1) is 0 Å². The third-order valence-corrected chi connectivity index (χ3v) is 2.13. The molecule has 0 spiro atoms. The molecule has 1 saturated carbocycles. The molecule has 0 radical (unpaired) electrons. The van der Waals surface area contributed by atoms with Gasteiger partial charge in [0.25, 0.3) is 0 Å². The molecule has 1 fully saturated rings. The van der Waals surface area contributed by atoms with Crippen LogP contribution in [0.4, 0.5) is 17.6 Å². The smallest absolute Gasteiger partial charge is 0.257 e. The van der Waals surface area contributed by atoms with Crippen LogP contribution < -0.4 is 0 Å². The van der Waals surface area contributed by atoms with E-state index in [1.165, 1.54) is 0 Å². The summed E-state index contributed by atoms with van der Waals surface area (Å²) in [6.45, 7) is -1.21. The van der Waals surface area contributed by atoms with Crippen LogP contribution in [0.3, 0.4) is 0 Å². The Morgan fingerprint density at radius 3 is 2.57 bits per heavy atom. The van der Waals surface area contributed by atoms with Gasteiger partial charge in [-0.05, 0) is 12.8 Å². The van der Waals surface area contributed by atoms with Crippen LogP contribution in [0.5, 0.6) is 0 Å². The van der Waals surface area contributed by atoms with Crippen LogP contribution in [-0.4, -0.2) is 16.0 Å². The van der Waals surface area contributed by atoms with Crippen LogP contribution >= 0.6 is 0 Å². The molecule has 0 aromatic carbocycles. The van der Waals surface area contributed by atoms with E-state index < -0.39 is 18.5 Å². The lowest BCUT2D eigenvalue weighted by Gasteiger charge is -2.09. The highest BCUT2D eigenvalue weighted by molar-refractivity contribution is 5.16. The first kappa shape index (κ1) is 9.48. The Morgan fingerprint density at radius 1 is 1.43 bits per heavy atom. The maximum absolute atomic E-state index is 13.0. The second-order valence-electron chi connectivity index (χ2n) is 3.42. The number of aromatic nitrogens is 2. The molecule has 0 unspecified atom stereocenters. The molecule has 1 aromatic rings. The van der Waals surface area contributed by atoms with Gasteiger partial charge in [-0.25, -0.2) is 4.39 Å². The Labute approximate surface area is 77.5 Å². The Morgan fingerprint density at radius 2 is 2.07 bits per heavy atom. The van der Waals surface area contributed by atoms with Gasteiger partial charge in [0, 0.05) is 5.92 Å². The predicted molar refractivity (Wildman–Crippen MR) is 40.2 cm³/mol. The normalized spacial score (nSPS) is 17.4. The number of alkyl halides is 3. The first-order valence-electron chi connectivity index (χ1n) is 4.25. The fourth-order valence-electron chi connectivity index (χ4n) is 1.43. The van der Waals surface area contributed by atoms with Crippen LogP contribution in [0, 0.1) is 5.82 Å². The van der Waals surface area contributed by atoms with Crippen LogP contribution in [0.1, 0.15) is 24.5 Å². The lowest BCUT2D eigenvalue weighted by Crippen LogP contribution is -2.20. The molecule has 0 N–H and O–H groups in total. The summed E-state index contributed by atoms with van der Waals surface area (Å²) in [6.07, 6.45) is -2.00. The summed E-state index contributed by atoms with van der Waals surface area (Å²) in [5, 5.41) is 3.38. The highest BCUT2D eigenvalue weighted by Crippen LogP contribution is 2.41. The molecule has 78 valence electrons. The maximum Gasteiger partial charge on any atom is 0.408 e. The summed E-state index contributed by atoms with van der Waals surface area (Å²) in [6, 6.07) is 0. The summed E-state index contributed by atoms with van der Waals surface area (Å²) in [7, 11) is 0. The molecule has 14 heavy (non-hydrogen) atoms. The van der Waals surface area contributed by atoms with Crippen molar-refractivity contribution in [1.29, 1.82) is 0 Å². The van der Waals surface area contributed by atoms with Crippen LogP contribution in [0.15, 0.2) is 6.20 Å². The second-order valence-corrected chi connectivity index (χ2v) is 3.42. The molecule has 0 aliphatic heterocycles. The van der Waals surface area contributed by atoms with Gasteiger partial charge in [-0.3, -0.25) is 4.68 Å². The molecular formula is C8H8F4N2. The first-order valence-corrected chi connectivity index (χ1v) is 4.25. The Bertz CT molecular complexity index is 338. The van der Waals surface area contributed by atoms with Gasteiger partial charge in [0.05, 0.1) is 11.9 Å². The molecule has 0 atom stereocenters. The largest absolute Gasteiger partial charge is 0.408 e. The average molecular weight is 208 g/mol. The summed E-state index contributed by atoms with van der Waals surface area (Å²) in [5.41, 5.74) is 0.0994. The molecule has 0 saturated heterocycles. The van der Waals surface area contributed by atoms with Gasteiger partial charge in [-0.2, -0.15) is 18.3 Å². The van der Waals surface area contributed by atoms with E-state index >= 15 is 0 Å². The van der Waals surface area contributed by atoms with E-state index in [0.29, 0.717) is 4.68 Å². The van der Waals surface area contributed by atoms with Crippen molar-refractivity contribution in [2.75, 3.05) is 0 Å². The third kappa shape index (κ3) is 1.88. The zero-order valence-corrected chi connectivity index (χ0v) is 7.18. The minimum absolute atomic E-state index is 0.0696. The second kappa shape index (κ2) is 2.96. The average Bonchev–Trinajstić information content (AvgIpc) is 2.77. The highest BCUT2D eigenvalue weighted by atomic mass is 19.4. The molecule has 0 bridgehead atoms. The molecule has 1 heterocycles. The SMILES string of the molecule is Fc1cnn(CC(F)(F)F)c1C1CC1. The molecule has 2 nitrogen and oxygen atoms in total. The molecule has 2 rings (SSSR count). The molecule has 1 aromatic heterocycles. The van der Waals surface area contributed by atoms with Crippen molar-refractivity contribution >= 4 is 0 Å². The zero-order chi connectivity index (χ0) is 10.3. The lowest BCUT2D eigenvalue weighted by atomic mass is 10.3. The van der Waals surface area contributed by atoms with E-state index in [9.17, 15) is 17.6 Å². The Hall–Kier alpha value is -1.07. The van der Waals surface area contributed by atoms with E-state index in [0.717, 1.165) is 19.0 Å². The monoisotopic (exact) mass is 208 g/mol. The van der Waals surface area contributed by atoms with Gasteiger partial charge in [-0.1, -0.05) is 0 Å². The minimum Gasteiger partial charge on any atom is -0.257 e. The van der Waals surface area contributed by atoms with E-state index in [1.54, 1.807) is 0 Å². The topological polar surface area (TPSA) is 17.8 Å².